The Hall–Kier alpha value is -2.27. The standard InChI is InChI=1S/C16H12F2N2S/c1-10-2-5-12(6-3-10)19-16-20-15(9-21-16)13-7-4-11(17)8-14(13)18/h2-9H,1H3,(H,19,20). The molecular formula is C16H12F2N2S. The van der Waals surface area contributed by atoms with Gasteiger partial charge in [-0.15, -0.1) is 11.3 Å². The fraction of sp³-hybridized carbons (Fsp3) is 0.0625. The van der Waals surface area contributed by atoms with Crippen molar-refractivity contribution >= 4 is 22.2 Å². The SMILES string of the molecule is Cc1ccc(Nc2nc(-c3ccc(F)cc3F)cs2)cc1. The number of aromatic nitrogens is 1. The molecule has 0 unspecified atom stereocenters. The smallest absolute Gasteiger partial charge is 0.187 e. The molecule has 5 heteroatoms. The molecule has 21 heavy (non-hydrogen) atoms. The summed E-state index contributed by atoms with van der Waals surface area (Å²) in [6.45, 7) is 2.02. The molecule has 0 saturated heterocycles. The summed E-state index contributed by atoms with van der Waals surface area (Å²) in [5.74, 6) is -1.20. The van der Waals surface area contributed by atoms with Gasteiger partial charge in [0.2, 0.25) is 0 Å². The number of halogens is 2. The zero-order valence-electron chi connectivity index (χ0n) is 11.2. The second kappa shape index (κ2) is 5.61. The van der Waals surface area contributed by atoms with Gasteiger partial charge in [0.25, 0.3) is 0 Å². The lowest BCUT2D eigenvalue weighted by Gasteiger charge is -2.02. The van der Waals surface area contributed by atoms with E-state index < -0.39 is 11.6 Å². The van der Waals surface area contributed by atoms with Gasteiger partial charge in [-0.2, -0.15) is 0 Å². The fourth-order valence-electron chi connectivity index (χ4n) is 1.91. The van der Waals surface area contributed by atoms with Crippen LogP contribution < -0.4 is 5.32 Å². The number of aryl methyl sites for hydroxylation is 1. The zero-order valence-corrected chi connectivity index (χ0v) is 12.0. The van der Waals surface area contributed by atoms with Gasteiger partial charge < -0.3 is 5.32 Å². The Labute approximate surface area is 125 Å². The minimum Gasteiger partial charge on any atom is -0.332 e. The van der Waals surface area contributed by atoms with E-state index >= 15 is 0 Å². The van der Waals surface area contributed by atoms with E-state index in [1.807, 2.05) is 31.2 Å². The van der Waals surface area contributed by atoms with Crippen molar-refractivity contribution in [3.05, 3.63) is 65.0 Å². The number of thiazole rings is 1. The van der Waals surface area contributed by atoms with Gasteiger partial charge in [-0.05, 0) is 31.2 Å². The summed E-state index contributed by atoms with van der Waals surface area (Å²) in [5.41, 5.74) is 2.88. The van der Waals surface area contributed by atoms with Crippen molar-refractivity contribution in [1.82, 2.24) is 4.98 Å². The van der Waals surface area contributed by atoms with Crippen molar-refractivity contribution < 1.29 is 8.78 Å². The van der Waals surface area contributed by atoms with Crippen molar-refractivity contribution in [2.24, 2.45) is 0 Å². The molecule has 0 radical (unpaired) electrons. The van der Waals surface area contributed by atoms with Gasteiger partial charge in [-0.1, -0.05) is 17.7 Å². The third kappa shape index (κ3) is 3.08. The molecule has 0 fully saturated rings. The summed E-state index contributed by atoms with van der Waals surface area (Å²) >= 11 is 1.37. The third-order valence-corrected chi connectivity index (χ3v) is 3.77. The molecule has 0 saturated carbocycles. The molecule has 0 aliphatic carbocycles. The van der Waals surface area contributed by atoms with Crippen LogP contribution in [0.1, 0.15) is 5.56 Å². The normalized spacial score (nSPS) is 10.6. The Kier molecular flexibility index (Phi) is 3.66. The van der Waals surface area contributed by atoms with Crippen LogP contribution in [0, 0.1) is 18.6 Å². The fourth-order valence-corrected chi connectivity index (χ4v) is 2.64. The number of benzene rings is 2. The number of anilines is 2. The highest BCUT2D eigenvalue weighted by atomic mass is 32.1. The lowest BCUT2D eigenvalue weighted by Crippen LogP contribution is -1.90. The molecule has 3 aromatic rings. The average molecular weight is 302 g/mol. The highest BCUT2D eigenvalue weighted by Gasteiger charge is 2.10. The number of hydrogen-bond acceptors (Lipinski definition) is 3. The molecule has 0 bridgehead atoms. The van der Waals surface area contributed by atoms with Gasteiger partial charge >= 0.3 is 0 Å². The molecule has 0 aliphatic rings. The van der Waals surface area contributed by atoms with Crippen molar-refractivity contribution in [2.75, 3.05) is 5.32 Å². The predicted octanol–water partition coefficient (Wildman–Crippen LogP) is 5.14. The number of nitrogens with one attached hydrogen (secondary N) is 1. The van der Waals surface area contributed by atoms with Gasteiger partial charge in [-0.25, -0.2) is 13.8 Å². The average Bonchev–Trinajstić information content (AvgIpc) is 2.90. The second-order valence-corrected chi connectivity index (χ2v) is 5.51. The van der Waals surface area contributed by atoms with E-state index in [2.05, 4.69) is 10.3 Å². The van der Waals surface area contributed by atoms with Crippen LogP contribution in [0.15, 0.2) is 47.8 Å². The molecule has 106 valence electrons. The predicted molar refractivity (Wildman–Crippen MR) is 81.9 cm³/mol. The minimum atomic E-state index is -0.609. The Morgan fingerprint density at radius 1 is 1.05 bits per heavy atom. The molecule has 1 heterocycles. The van der Waals surface area contributed by atoms with Crippen LogP contribution in [0.4, 0.5) is 19.6 Å². The van der Waals surface area contributed by atoms with Crippen molar-refractivity contribution in [1.29, 1.82) is 0 Å². The Morgan fingerprint density at radius 2 is 1.81 bits per heavy atom. The molecule has 1 aromatic heterocycles. The monoisotopic (exact) mass is 302 g/mol. The van der Waals surface area contributed by atoms with Gasteiger partial charge in [-0.3, -0.25) is 0 Å². The molecule has 2 nitrogen and oxygen atoms in total. The molecule has 3 rings (SSSR count). The lowest BCUT2D eigenvalue weighted by atomic mass is 10.1. The van der Waals surface area contributed by atoms with E-state index in [1.165, 1.54) is 29.0 Å². The Bertz CT molecular complexity index is 766. The Balaban J connectivity index is 1.84. The lowest BCUT2D eigenvalue weighted by molar-refractivity contribution is 0.585. The van der Waals surface area contributed by atoms with Gasteiger partial charge in [0, 0.05) is 22.7 Å². The summed E-state index contributed by atoms with van der Waals surface area (Å²) in [6.07, 6.45) is 0. The maximum absolute atomic E-state index is 13.7. The molecule has 0 spiro atoms. The maximum Gasteiger partial charge on any atom is 0.187 e. The van der Waals surface area contributed by atoms with Crippen molar-refractivity contribution in [3.63, 3.8) is 0 Å². The third-order valence-electron chi connectivity index (χ3n) is 3.01. The molecule has 0 aliphatic heterocycles. The van der Waals surface area contributed by atoms with Gasteiger partial charge in [0.15, 0.2) is 5.13 Å². The molecule has 1 N–H and O–H groups in total. The topological polar surface area (TPSA) is 24.9 Å². The van der Waals surface area contributed by atoms with Crippen LogP contribution >= 0.6 is 11.3 Å². The number of rotatable bonds is 3. The molecule has 0 atom stereocenters. The zero-order chi connectivity index (χ0) is 14.8. The van der Waals surface area contributed by atoms with E-state index in [9.17, 15) is 8.78 Å². The highest BCUT2D eigenvalue weighted by molar-refractivity contribution is 7.14. The number of hydrogen-bond donors (Lipinski definition) is 1. The summed E-state index contributed by atoms with van der Waals surface area (Å²) in [5, 5.41) is 5.57. The Morgan fingerprint density at radius 3 is 2.52 bits per heavy atom. The first kappa shape index (κ1) is 13.7. The minimum absolute atomic E-state index is 0.296. The first-order valence-corrected chi connectivity index (χ1v) is 7.24. The largest absolute Gasteiger partial charge is 0.332 e. The summed E-state index contributed by atoms with van der Waals surface area (Å²) in [7, 11) is 0. The van der Waals surface area contributed by atoms with Crippen LogP contribution in [0.5, 0.6) is 0 Å². The second-order valence-electron chi connectivity index (χ2n) is 4.65. The van der Waals surface area contributed by atoms with E-state index in [4.69, 9.17) is 0 Å². The van der Waals surface area contributed by atoms with Crippen molar-refractivity contribution in [3.8, 4) is 11.3 Å². The molecule has 0 amide bonds. The highest BCUT2D eigenvalue weighted by Crippen LogP contribution is 2.29. The van der Waals surface area contributed by atoms with E-state index in [1.54, 1.807) is 5.38 Å². The first-order valence-electron chi connectivity index (χ1n) is 6.36. The maximum atomic E-state index is 13.7. The van der Waals surface area contributed by atoms with Gasteiger partial charge in [0.05, 0.1) is 5.69 Å². The van der Waals surface area contributed by atoms with Crippen LogP contribution in [-0.4, -0.2) is 4.98 Å². The van der Waals surface area contributed by atoms with Gasteiger partial charge in [0.1, 0.15) is 11.6 Å². The van der Waals surface area contributed by atoms with E-state index in [0.29, 0.717) is 16.4 Å². The van der Waals surface area contributed by atoms with Crippen LogP contribution in [0.3, 0.4) is 0 Å². The van der Waals surface area contributed by atoms with Crippen LogP contribution in [0.2, 0.25) is 0 Å². The first-order chi connectivity index (χ1) is 10.1. The number of nitrogens with zero attached hydrogens (tertiary/aromatic N) is 1. The van der Waals surface area contributed by atoms with E-state index in [-0.39, 0.29) is 0 Å². The molecule has 2 aromatic carbocycles. The van der Waals surface area contributed by atoms with E-state index in [0.717, 1.165) is 11.8 Å². The molecular weight excluding hydrogens is 290 g/mol. The quantitative estimate of drug-likeness (QED) is 0.724. The summed E-state index contributed by atoms with van der Waals surface area (Å²) in [6, 6.07) is 11.4. The van der Waals surface area contributed by atoms with Crippen LogP contribution in [-0.2, 0) is 0 Å². The van der Waals surface area contributed by atoms with Crippen LogP contribution in [0.25, 0.3) is 11.3 Å². The summed E-state index contributed by atoms with van der Waals surface area (Å²) < 4.78 is 26.6. The summed E-state index contributed by atoms with van der Waals surface area (Å²) in [4.78, 5) is 4.33. The van der Waals surface area contributed by atoms with Crippen molar-refractivity contribution in [2.45, 2.75) is 6.92 Å².